The monoisotopic (exact) mass is 890 g/mol. The zero-order chi connectivity index (χ0) is 46.7. The van der Waals surface area contributed by atoms with Crippen LogP contribution in [0.25, 0.3) is 0 Å². The van der Waals surface area contributed by atoms with E-state index in [1.54, 1.807) is 30.3 Å². The third-order valence-electron chi connectivity index (χ3n) is 9.08. The lowest BCUT2D eigenvalue weighted by Gasteiger charge is -2.27. The van der Waals surface area contributed by atoms with E-state index in [4.69, 9.17) is 10.8 Å². The maximum Gasteiger partial charge on any atom is 0.326 e. The molecule has 0 saturated heterocycles. The minimum absolute atomic E-state index is 0.0801. The molecule has 0 bridgehead atoms. The number of thiol groups is 1. The van der Waals surface area contributed by atoms with E-state index < -0.39 is 127 Å². The van der Waals surface area contributed by atoms with E-state index in [9.17, 15) is 63.6 Å². The van der Waals surface area contributed by atoms with Crippen LogP contribution in [0.3, 0.4) is 0 Å². The molecule has 23 heteroatoms. The lowest BCUT2D eigenvalue weighted by molar-refractivity contribution is -0.142. The molecular formula is C39H54N8O14S. The SMILES string of the molecule is CC(C)[C@H](NC(=O)[C@H](CO)NC(=O)[C@@H](N)CC(=O)O)C(=O)N[C@@H](CS)C(=O)N[C@@H](C)C(=O)N[C@@H](CO)C(=O)N[C@@H](Cc1ccc(O)cc1)C(=O)N[C@@H](Cc1ccccc1)C(=O)O. The maximum atomic E-state index is 13.5. The molecule has 0 saturated carbocycles. The normalized spacial score (nSPS) is 14.8. The number of carboxylic acids is 2. The number of aromatic hydroxyl groups is 1. The summed E-state index contributed by atoms with van der Waals surface area (Å²) >= 11 is 4.10. The highest BCUT2D eigenvalue weighted by Crippen LogP contribution is 2.13. The van der Waals surface area contributed by atoms with Crippen molar-refractivity contribution in [1.29, 1.82) is 0 Å². The van der Waals surface area contributed by atoms with Crippen LogP contribution in [-0.2, 0) is 56.0 Å². The number of nitrogens with two attached hydrogens (primary N) is 1. The topological polar surface area (TPSA) is 365 Å². The minimum Gasteiger partial charge on any atom is -0.508 e. The number of aliphatic carboxylic acids is 2. The van der Waals surface area contributed by atoms with Crippen molar-refractivity contribution in [2.75, 3.05) is 19.0 Å². The molecule has 8 atom stereocenters. The van der Waals surface area contributed by atoms with Gasteiger partial charge in [0.1, 0.15) is 48.0 Å². The van der Waals surface area contributed by atoms with E-state index in [-0.39, 0.29) is 24.3 Å². The first-order valence-electron chi connectivity index (χ1n) is 19.2. The number of rotatable bonds is 25. The molecule has 0 heterocycles. The summed E-state index contributed by atoms with van der Waals surface area (Å²) in [5, 5.41) is 64.5. The summed E-state index contributed by atoms with van der Waals surface area (Å²) in [5.74, 6) is -10.6. The second kappa shape index (κ2) is 25.5. The number of aliphatic hydroxyl groups excluding tert-OH is 2. The van der Waals surface area contributed by atoms with Crippen molar-refractivity contribution >= 4 is 65.9 Å². The van der Waals surface area contributed by atoms with Crippen molar-refractivity contribution in [3.8, 4) is 5.75 Å². The Morgan fingerprint density at radius 1 is 0.565 bits per heavy atom. The molecule has 2 aromatic carbocycles. The fourth-order valence-corrected chi connectivity index (χ4v) is 5.80. The molecular weight excluding hydrogens is 837 g/mol. The Morgan fingerprint density at radius 3 is 1.53 bits per heavy atom. The minimum atomic E-state index is -1.69. The van der Waals surface area contributed by atoms with Crippen LogP contribution < -0.4 is 43.0 Å². The summed E-state index contributed by atoms with van der Waals surface area (Å²) in [6.45, 7) is 2.38. The third-order valence-corrected chi connectivity index (χ3v) is 9.45. The van der Waals surface area contributed by atoms with Crippen LogP contribution in [0.2, 0.25) is 0 Å². The summed E-state index contributed by atoms with van der Waals surface area (Å²) in [6, 6.07) is 2.21. The molecule has 22 nitrogen and oxygen atoms in total. The number of benzene rings is 2. The maximum absolute atomic E-state index is 13.5. The van der Waals surface area contributed by atoms with E-state index in [0.717, 1.165) is 0 Å². The Bertz CT molecular complexity index is 1890. The van der Waals surface area contributed by atoms with Crippen LogP contribution in [0.5, 0.6) is 5.75 Å². The van der Waals surface area contributed by atoms with E-state index in [1.807, 2.05) is 0 Å². The predicted molar refractivity (Wildman–Crippen MR) is 222 cm³/mol. The van der Waals surface area contributed by atoms with Gasteiger partial charge in [-0.05, 0) is 36.1 Å². The van der Waals surface area contributed by atoms with Gasteiger partial charge in [-0.2, -0.15) is 12.6 Å². The molecule has 340 valence electrons. The number of carbonyl (C=O) groups excluding carboxylic acids is 7. The highest BCUT2D eigenvalue weighted by atomic mass is 32.1. The summed E-state index contributed by atoms with van der Waals surface area (Å²) in [4.78, 5) is 115. The summed E-state index contributed by atoms with van der Waals surface area (Å²) < 4.78 is 0. The summed E-state index contributed by atoms with van der Waals surface area (Å²) in [5.41, 5.74) is 6.56. The van der Waals surface area contributed by atoms with Gasteiger partial charge < -0.3 is 68.5 Å². The molecule has 2 rings (SSSR count). The van der Waals surface area contributed by atoms with E-state index in [0.29, 0.717) is 11.1 Å². The van der Waals surface area contributed by atoms with Gasteiger partial charge in [0.2, 0.25) is 41.4 Å². The first-order chi connectivity index (χ1) is 29.2. The largest absolute Gasteiger partial charge is 0.508 e. The van der Waals surface area contributed by atoms with Crippen molar-refractivity contribution in [3.63, 3.8) is 0 Å². The molecule has 62 heavy (non-hydrogen) atoms. The van der Waals surface area contributed by atoms with Gasteiger partial charge in [-0.3, -0.25) is 38.4 Å². The number of nitrogens with one attached hydrogen (secondary N) is 7. The summed E-state index contributed by atoms with van der Waals surface area (Å²) in [6.07, 6.45) is -1.05. The van der Waals surface area contributed by atoms with Crippen LogP contribution in [0.4, 0.5) is 0 Å². The van der Waals surface area contributed by atoms with Crippen LogP contribution in [-0.4, -0.2) is 146 Å². The Balaban J connectivity index is 2.12. The van der Waals surface area contributed by atoms with Crippen LogP contribution in [0.1, 0.15) is 38.3 Å². The highest BCUT2D eigenvalue weighted by molar-refractivity contribution is 7.80. The average molecular weight is 891 g/mol. The quantitative estimate of drug-likeness (QED) is 0.0423. The molecule has 0 radical (unpaired) electrons. The molecule has 0 spiro atoms. The molecule has 7 amide bonds. The van der Waals surface area contributed by atoms with E-state index in [1.165, 1.54) is 45.0 Å². The van der Waals surface area contributed by atoms with Crippen molar-refractivity contribution in [2.24, 2.45) is 11.7 Å². The standard InChI is InChI=1S/C39H54N8O14S/c1-19(2)31(47-36(57)28(17-49)45-33(54)24(40)15-30(51)52)38(59)46-29(18-62)37(58)41-20(3)32(53)44-27(16-48)35(56)42-25(13-22-9-11-23(50)12-10-22)34(55)43-26(39(60)61)14-21-7-5-4-6-8-21/h4-12,19-20,24-29,31,48-50,62H,13-18,40H2,1-3H3,(H,41,58)(H,42,56)(H,43,55)(H,44,53)(H,45,54)(H,46,59)(H,47,57)(H,51,52)(H,60,61)/t20-,24-,25-,26-,27-,28-,29-,31-/m0/s1. The number of hydrogen-bond donors (Lipinski definition) is 14. The zero-order valence-corrected chi connectivity index (χ0v) is 35.0. The first kappa shape index (κ1) is 51.8. The number of amides is 7. The van der Waals surface area contributed by atoms with Gasteiger partial charge >= 0.3 is 11.9 Å². The van der Waals surface area contributed by atoms with Crippen molar-refractivity contribution in [2.45, 2.75) is 88.4 Å². The Hall–Kier alpha value is -6.30. The molecule has 0 aromatic heterocycles. The number of aliphatic hydroxyl groups is 2. The molecule has 0 aliphatic rings. The fourth-order valence-electron chi connectivity index (χ4n) is 5.54. The first-order valence-corrected chi connectivity index (χ1v) is 19.8. The van der Waals surface area contributed by atoms with Gasteiger partial charge in [0.15, 0.2) is 0 Å². The number of carboxylic acid groups (broad SMARTS) is 2. The number of phenols is 1. The summed E-state index contributed by atoms with van der Waals surface area (Å²) in [7, 11) is 0. The van der Waals surface area contributed by atoms with Crippen LogP contribution in [0.15, 0.2) is 54.6 Å². The Kier molecular flexibility index (Phi) is 21.3. The van der Waals surface area contributed by atoms with Gasteiger partial charge in [-0.15, -0.1) is 0 Å². The van der Waals surface area contributed by atoms with Crippen molar-refractivity contribution in [3.05, 3.63) is 65.7 Å². The second-order valence-corrected chi connectivity index (χ2v) is 14.8. The molecule has 2 aromatic rings. The van der Waals surface area contributed by atoms with Gasteiger partial charge in [-0.25, -0.2) is 4.79 Å². The molecule has 14 N–H and O–H groups in total. The lowest BCUT2D eigenvalue weighted by atomic mass is 10.0. The zero-order valence-electron chi connectivity index (χ0n) is 34.1. The Labute approximate surface area is 361 Å². The molecule has 0 aliphatic heterocycles. The van der Waals surface area contributed by atoms with Crippen LogP contribution >= 0.6 is 12.6 Å². The smallest absolute Gasteiger partial charge is 0.326 e. The van der Waals surface area contributed by atoms with Gasteiger partial charge in [0.05, 0.1) is 25.7 Å². The van der Waals surface area contributed by atoms with Crippen molar-refractivity contribution < 1.29 is 68.7 Å². The number of phenolic OH excluding ortho intramolecular Hbond substituents is 1. The second-order valence-electron chi connectivity index (χ2n) is 14.4. The predicted octanol–water partition coefficient (Wildman–Crippen LogP) is -3.95. The number of carbonyl (C=O) groups is 9. The van der Waals surface area contributed by atoms with Crippen LogP contribution in [0, 0.1) is 5.92 Å². The molecule has 0 fully saturated rings. The van der Waals surface area contributed by atoms with E-state index in [2.05, 4.69) is 49.8 Å². The highest BCUT2D eigenvalue weighted by Gasteiger charge is 2.34. The Morgan fingerprint density at radius 2 is 1.02 bits per heavy atom. The van der Waals surface area contributed by atoms with Gasteiger partial charge in [-0.1, -0.05) is 56.3 Å². The van der Waals surface area contributed by atoms with Gasteiger partial charge in [0.25, 0.3) is 0 Å². The third kappa shape index (κ3) is 17.0. The van der Waals surface area contributed by atoms with E-state index >= 15 is 0 Å². The van der Waals surface area contributed by atoms with Gasteiger partial charge in [0, 0.05) is 18.6 Å². The molecule has 0 aliphatic carbocycles. The van der Waals surface area contributed by atoms with Crippen molar-refractivity contribution in [1.82, 2.24) is 37.2 Å². The fraction of sp³-hybridized carbons (Fsp3) is 0.462. The number of hydrogen-bond acceptors (Lipinski definition) is 14. The lowest BCUT2D eigenvalue weighted by Crippen LogP contribution is -2.61. The average Bonchev–Trinajstić information content (AvgIpc) is 3.22. The molecule has 0 unspecified atom stereocenters.